The topological polar surface area (TPSA) is 258 Å². The molecule has 0 spiro atoms. The molecule has 5 N–H and O–H groups in total. The molecule has 0 aliphatic carbocycles. The summed E-state index contributed by atoms with van der Waals surface area (Å²) in [5, 5.41) is 29.4. The van der Waals surface area contributed by atoms with Gasteiger partial charge in [0, 0.05) is 169 Å². The van der Waals surface area contributed by atoms with Gasteiger partial charge >= 0.3 is 22.8 Å². The zero-order valence-corrected chi connectivity index (χ0v) is 84.3. The second-order valence-electron chi connectivity index (χ2n) is 38.3. The Bertz CT molecular complexity index is 7680. The third-order valence-corrected chi connectivity index (χ3v) is 28.9. The highest BCUT2D eigenvalue weighted by Gasteiger charge is 2.34. The van der Waals surface area contributed by atoms with Crippen LogP contribution >= 0.6 is 46.4 Å². The van der Waals surface area contributed by atoms with Crippen molar-refractivity contribution in [3.8, 4) is 62.0 Å². The van der Waals surface area contributed by atoms with Crippen LogP contribution < -0.4 is 63.6 Å². The number of para-hydroxylation sites is 4. The summed E-state index contributed by atoms with van der Waals surface area (Å²) in [5.74, 6) is 2.55. The maximum absolute atomic E-state index is 14.9. The van der Waals surface area contributed by atoms with Crippen molar-refractivity contribution in [2.24, 2.45) is 9.98 Å². The summed E-state index contributed by atoms with van der Waals surface area (Å²) in [7, 11) is 0. The quantitative estimate of drug-likeness (QED) is 0.0639. The van der Waals surface area contributed by atoms with E-state index in [1.165, 1.54) is 33.9 Å². The number of aromatic nitrogens is 9. The van der Waals surface area contributed by atoms with Gasteiger partial charge in [0.2, 0.25) is 0 Å². The number of hydrogen-bond donors (Lipinski definition) is 5. The average molecular weight is 1960 g/mol. The molecule has 0 bridgehead atoms. The second-order valence-corrected chi connectivity index (χ2v) is 39.9. The summed E-state index contributed by atoms with van der Waals surface area (Å²) in [6, 6.07) is 58.7. The minimum Gasteiger partial charge on any atom is -0.507 e. The Labute approximate surface area is 833 Å². The van der Waals surface area contributed by atoms with Gasteiger partial charge in [0.25, 0.3) is 0 Å². The number of pyridine rings is 1. The smallest absolute Gasteiger partial charge is 0.355 e. The SMILES string of the molecule is CC(C)c1ccccc1-n1c(=O)nc(N2CCNC[C@@H]2C)c2cc(Cl)c(-c3c(O)cccc3F)nc21.Cc1cc2c(cc1Cl)c(N1CCNC[C@@H]1C)nc(=O)n2-c1ccccc1C(C)C.Cc1ccc2c(c1-c1cc3c(cc1Cl)c(N1CCNCC1)nc(=O)n3-c1ccccc1C(C)C)C=NC2.Cc1ccc2c(c1-c1cc3c(cc1Cl)c(N1CCNC[C@@H]1C)nc(=O)n3-c1ccccc1C(C)C)C=NC2. The number of aromatic hydroxyl groups is 1. The summed E-state index contributed by atoms with van der Waals surface area (Å²) < 4.78 is 21.6. The molecule has 24 nitrogen and oxygen atoms in total. The Morgan fingerprint density at radius 2 is 0.729 bits per heavy atom. The van der Waals surface area contributed by atoms with E-state index < -0.39 is 11.5 Å². The van der Waals surface area contributed by atoms with Crippen LogP contribution in [0.5, 0.6) is 5.75 Å². The summed E-state index contributed by atoms with van der Waals surface area (Å²) in [6.45, 7) is 41.2. The van der Waals surface area contributed by atoms with E-state index in [1.54, 1.807) is 19.8 Å². The molecule has 4 saturated heterocycles. The molecule has 720 valence electrons. The number of benzene rings is 10. The van der Waals surface area contributed by atoms with Gasteiger partial charge < -0.3 is 46.0 Å². The number of rotatable bonds is 15. The van der Waals surface area contributed by atoms with Crippen molar-refractivity contribution in [2.45, 2.75) is 152 Å². The number of aliphatic imine (C=N–C) groups is 2. The Balaban J connectivity index is 0.000000124. The Hall–Kier alpha value is -12.8. The van der Waals surface area contributed by atoms with Crippen molar-refractivity contribution < 1.29 is 9.50 Å². The number of piperazine rings is 4. The van der Waals surface area contributed by atoms with Crippen molar-refractivity contribution in [3.63, 3.8) is 0 Å². The van der Waals surface area contributed by atoms with Gasteiger partial charge in [-0.15, -0.1) is 0 Å². The van der Waals surface area contributed by atoms with E-state index in [9.17, 15) is 28.7 Å². The number of fused-ring (bicyclic) bond motifs is 6. The van der Waals surface area contributed by atoms with E-state index in [0.717, 1.165) is 206 Å². The number of anilines is 4. The molecule has 6 aliphatic rings. The molecule has 10 aromatic carbocycles. The number of phenols is 1. The largest absolute Gasteiger partial charge is 0.507 e. The maximum Gasteiger partial charge on any atom is 0.355 e. The van der Waals surface area contributed by atoms with Crippen LogP contribution in [-0.2, 0) is 13.1 Å². The van der Waals surface area contributed by atoms with Crippen LogP contribution in [0.4, 0.5) is 27.7 Å². The molecule has 6 aliphatic heterocycles. The Morgan fingerprint density at radius 3 is 1.14 bits per heavy atom. The van der Waals surface area contributed by atoms with Gasteiger partial charge in [0.1, 0.15) is 34.8 Å². The molecule has 11 heterocycles. The molecule has 21 rings (SSSR count). The third-order valence-electron chi connectivity index (χ3n) is 27.6. The van der Waals surface area contributed by atoms with Crippen molar-refractivity contribution in [1.29, 1.82) is 0 Å². The van der Waals surface area contributed by atoms with Crippen LogP contribution in [0.25, 0.3) is 100 Å². The minimum atomic E-state index is -0.662. The lowest BCUT2D eigenvalue weighted by molar-refractivity contribution is 0.471. The fourth-order valence-electron chi connectivity index (χ4n) is 20.4. The standard InChI is InChI=1S/C31H32ClN5O.C30H30ClN5O.C27H27ClFN5O2.C23H27ClN4O/c1-18(2)22-7-5-6-8-27(22)37-28-14-23(29-19(3)9-10-21-16-34-17-25(21)29)26(32)13-24(28)30(35-31(37)38)36-12-11-33-15-20(36)4;1-18(2)21-6-4-5-7-26(21)36-27-15-22(28-19(3)8-9-20-16-33-17-24(20)28)25(31)14-23(27)29(34-30(36)37)35-12-10-32-11-13-35;1-15(2)17-7-4-5-9-21(17)34-26-18(25(32-27(34)36)33-12-11-30-14-16(33)3)13-19(28)24(31-26)23-20(29)8-6-10-22(23)35;1-14(2)17-7-5-6-8-20(17)28-21-11-15(3)19(24)12-18(21)22(26-23(28)29)27-10-9-25-13-16(27)4/h5-10,13-14,17-18,20,33H,11-12,15-16H2,1-4H3;4-9,14-15,17-18,32H,10-13,16H2,1-3H3;4-10,13,15-16,30,35H,11-12,14H2,1-3H3;5-8,11-12,14,16,25H,9-10,13H2,1-4H3/t20-;;2*16-/m0.00/s1. The van der Waals surface area contributed by atoms with Crippen LogP contribution in [0, 0.1) is 26.6 Å². The van der Waals surface area contributed by atoms with Gasteiger partial charge in [0.15, 0.2) is 5.65 Å². The molecule has 0 radical (unpaired) electrons. The fraction of sp³-hybridized carbons (Fsp3) is 0.324. The van der Waals surface area contributed by atoms with E-state index in [4.69, 9.17) is 56.4 Å². The van der Waals surface area contributed by atoms with Gasteiger partial charge in [-0.25, -0.2) is 33.1 Å². The zero-order chi connectivity index (χ0) is 98.5. The summed E-state index contributed by atoms with van der Waals surface area (Å²) in [6.07, 6.45) is 3.89. The Morgan fingerprint density at radius 1 is 0.371 bits per heavy atom. The highest BCUT2D eigenvalue weighted by Crippen LogP contribution is 2.46. The fourth-order valence-corrected chi connectivity index (χ4v) is 21.3. The molecule has 0 amide bonds. The third kappa shape index (κ3) is 18.8. The summed E-state index contributed by atoms with van der Waals surface area (Å²) >= 11 is 27.3. The van der Waals surface area contributed by atoms with E-state index in [0.29, 0.717) is 68.9 Å². The lowest BCUT2D eigenvalue weighted by Gasteiger charge is -2.35. The van der Waals surface area contributed by atoms with Crippen molar-refractivity contribution in [1.82, 2.24) is 64.5 Å². The van der Waals surface area contributed by atoms with Crippen LogP contribution in [0.1, 0.15) is 161 Å². The molecule has 0 saturated carbocycles. The summed E-state index contributed by atoms with van der Waals surface area (Å²) in [5.41, 5.74) is 20.6. The number of aryl methyl sites for hydroxylation is 3. The lowest BCUT2D eigenvalue weighted by Crippen LogP contribution is -2.50. The normalized spacial score (nSPS) is 16.4. The van der Waals surface area contributed by atoms with Gasteiger partial charge in [-0.05, 0) is 205 Å². The number of nitrogens with zero attached hydrogens (tertiary/aromatic N) is 15. The van der Waals surface area contributed by atoms with Gasteiger partial charge in [-0.1, -0.05) is 205 Å². The molecular formula is C111H116Cl4FN19O5. The lowest BCUT2D eigenvalue weighted by atomic mass is 9.92. The number of phenolic OH excluding ortho intramolecular Hbond substituents is 1. The van der Waals surface area contributed by atoms with Crippen LogP contribution in [0.3, 0.4) is 0 Å². The van der Waals surface area contributed by atoms with Gasteiger partial charge in [-0.3, -0.25) is 23.7 Å². The Kier molecular flexibility index (Phi) is 28.6. The van der Waals surface area contributed by atoms with Crippen LogP contribution in [-0.4, -0.2) is 164 Å². The molecule has 4 fully saturated rings. The van der Waals surface area contributed by atoms with Crippen LogP contribution in [0.15, 0.2) is 211 Å². The van der Waals surface area contributed by atoms with E-state index in [1.807, 2.05) is 136 Å². The van der Waals surface area contributed by atoms with Crippen molar-refractivity contribution in [3.05, 3.63) is 311 Å². The second kappa shape index (κ2) is 41.2. The molecule has 140 heavy (non-hydrogen) atoms. The number of hydrogen-bond acceptors (Lipinski definition) is 20. The molecule has 29 heteroatoms. The van der Waals surface area contributed by atoms with E-state index in [-0.39, 0.29) is 80.9 Å². The molecule has 3 atom stereocenters. The summed E-state index contributed by atoms with van der Waals surface area (Å²) in [4.78, 5) is 95.6. The predicted octanol–water partition coefficient (Wildman–Crippen LogP) is 20.5. The highest BCUT2D eigenvalue weighted by molar-refractivity contribution is 6.36. The monoisotopic (exact) mass is 1950 g/mol. The zero-order valence-electron chi connectivity index (χ0n) is 81.3. The highest BCUT2D eigenvalue weighted by atomic mass is 35.5. The van der Waals surface area contributed by atoms with Crippen molar-refractivity contribution >= 4 is 126 Å². The molecular weight excluding hydrogens is 1840 g/mol. The first kappa shape index (κ1) is 97.4. The minimum absolute atomic E-state index is 0.0560. The van der Waals surface area contributed by atoms with E-state index in [2.05, 4.69) is 197 Å². The molecule has 0 unspecified atom stereocenters. The maximum atomic E-state index is 14.9. The predicted molar refractivity (Wildman–Crippen MR) is 572 cm³/mol. The van der Waals surface area contributed by atoms with E-state index >= 15 is 0 Å². The molecule has 5 aromatic heterocycles. The first-order valence-electron chi connectivity index (χ1n) is 48.3. The van der Waals surface area contributed by atoms with Gasteiger partial charge in [0.05, 0.1) is 74.1 Å². The van der Waals surface area contributed by atoms with Crippen molar-refractivity contribution in [2.75, 3.05) is 105 Å². The van der Waals surface area contributed by atoms with Gasteiger partial charge in [-0.2, -0.15) is 19.9 Å². The first-order valence-corrected chi connectivity index (χ1v) is 49.8. The number of nitrogens with one attached hydrogen (secondary N) is 4. The first-order chi connectivity index (χ1) is 67.4. The number of halogens is 5. The average Bonchev–Trinajstić information content (AvgIpc) is 0.902. The van der Waals surface area contributed by atoms with Crippen LogP contribution in [0.2, 0.25) is 20.1 Å². The molecule has 15 aromatic rings.